The first-order valence-electron chi connectivity index (χ1n) is 13.1. The van der Waals surface area contributed by atoms with Crippen molar-refractivity contribution in [1.29, 1.82) is 0 Å². The molecular formula is C30H34Cl3N3O4S. The molecule has 11 heteroatoms. The number of carbonyl (C=O) groups excluding carboxylic acids is 2. The van der Waals surface area contributed by atoms with Crippen LogP contribution in [0.5, 0.6) is 0 Å². The number of carbonyl (C=O) groups is 2. The third-order valence-corrected chi connectivity index (χ3v) is 8.70. The molecule has 0 aliphatic heterocycles. The molecule has 2 amide bonds. The summed E-state index contributed by atoms with van der Waals surface area (Å²) < 4.78 is 27.0. The number of benzene rings is 3. The Morgan fingerprint density at radius 1 is 0.951 bits per heavy atom. The first kappa shape index (κ1) is 32.7. The van der Waals surface area contributed by atoms with Crippen LogP contribution in [-0.2, 0) is 32.6 Å². The van der Waals surface area contributed by atoms with Gasteiger partial charge in [-0.2, -0.15) is 0 Å². The molecule has 3 rings (SSSR count). The quantitative estimate of drug-likeness (QED) is 0.253. The Labute approximate surface area is 257 Å². The van der Waals surface area contributed by atoms with E-state index in [1.54, 1.807) is 37.3 Å². The molecule has 41 heavy (non-hydrogen) atoms. The topological polar surface area (TPSA) is 86.8 Å². The van der Waals surface area contributed by atoms with Gasteiger partial charge in [-0.3, -0.25) is 13.9 Å². The average molecular weight is 639 g/mol. The SMILES string of the molecule is CC[C@H](C)NC(=O)[C@@H](Cc1ccccc1)N(Cc1ccc(Cl)cc1Cl)C(=O)CN(c1cc(Cl)ccc1C)S(C)(=O)=O. The van der Waals surface area contributed by atoms with Gasteiger partial charge < -0.3 is 10.2 Å². The lowest BCUT2D eigenvalue weighted by Gasteiger charge is -2.34. The monoisotopic (exact) mass is 637 g/mol. The Kier molecular flexibility index (Phi) is 11.5. The van der Waals surface area contributed by atoms with Crippen LogP contribution >= 0.6 is 34.8 Å². The van der Waals surface area contributed by atoms with Gasteiger partial charge in [0.1, 0.15) is 12.6 Å². The Bertz CT molecular complexity index is 1490. The number of sulfonamides is 1. The van der Waals surface area contributed by atoms with Crippen LogP contribution < -0.4 is 9.62 Å². The van der Waals surface area contributed by atoms with Crippen molar-refractivity contribution in [1.82, 2.24) is 10.2 Å². The van der Waals surface area contributed by atoms with Crippen LogP contribution in [0.25, 0.3) is 0 Å². The minimum atomic E-state index is -3.92. The van der Waals surface area contributed by atoms with Gasteiger partial charge in [0.2, 0.25) is 21.8 Å². The van der Waals surface area contributed by atoms with E-state index in [2.05, 4.69) is 5.32 Å². The van der Waals surface area contributed by atoms with Crippen LogP contribution in [0.3, 0.4) is 0 Å². The van der Waals surface area contributed by atoms with Gasteiger partial charge in [0, 0.05) is 34.1 Å². The zero-order valence-electron chi connectivity index (χ0n) is 23.4. The minimum absolute atomic E-state index is 0.0492. The van der Waals surface area contributed by atoms with E-state index in [1.807, 2.05) is 44.2 Å². The van der Waals surface area contributed by atoms with E-state index in [9.17, 15) is 18.0 Å². The van der Waals surface area contributed by atoms with Crippen molar-refractivity contribution >= 4 is 62.3 Å². The number of rotatable bonds is 12. The summed E-state index contributed by atoms with van der Waals surface area (Å²) >= 11 is 18.8. The Morgan fingerprint density at radius 3 is 2.20 bits per heavy atom. The summed E-state index contributed by atoms with van der Waals surface area (Å²) in [7, 11) is -3.92. The van der Waals surface area contributed by atoms with Crippen molar-refractivity contribution in [2.24, 2.45) is 0 Å². The van der Waals surface area contributed by atoms with Gasteiger partial charge in [-0.05, 0) is 61.2 Å². The molecule has 0 heterocycles. The molecule has 0 fully saturated rings. The zero-order chi connectivity index (χ0) is 30.3. The molecule has 0 unspecified atom stereocenters. The number of nitrogens with one attached hydrogen (secondary N) is 1. The highest BCUT2D eigenvalue weighted by atomic mass is 35.5. The standard InChI is InChI=1S/C30H34Cl3N3O4S/c1-5-21(3)34-30(38)28(15-22-9-7-6-8-10-22)35(18-23-12-14-24(31)16-26(23)33)29(37)19-36(41(4,39)40)27-17-25(32)13-11-20(27)2/h6-14,16-17,21,28H,5,15,18-19H2,1-4H3,(H,34,38)/t21-,28+/m0/s1. The maximum atomic E-state index is 14.2. The average Bonchev–Trinajstić information content (AvgIpc) is 2.91. The number of anilines is 1. The highest BCUT2D eigenvalue weighted by molar-refractivity contribution is 7.92. The normalized spacial score (nSPS) is 12.9. The van der Waals surface area contributed by atoms with Crippen LogP contribution in [-0.4, -0.2) is 50.0 Å². The predicted octanol–water partition coefficient (Wildman–Crippen LogP) is 6.28. The van der Waals surface area contributed by atoms with Gasteiger partial charge in [-0.15, -0.1) is 0 Å². The molecule has 0 bridgehead atoms. The van der Waals surface area contributed by atoms with Gasteiger partial charge in [0.25, 0.3) is 0 Å². The van der Waals surface area contributed by atoms with Crippen molar-refractivity contribution < 1.29 is 18.0 Å². The van der Waals surface area contributed by atoms with Crippen molar-refractivity contribution in [3.63, 3.8) is 0 Å². The molecular weight excluding hydrogens is 605 g/mol. The minimum Gasteiger partial charge on any atom is -0.352 e. The molecule has 0 radical (unpaired) electrons. The maximum absolute atomic E-state index is 14.2. The Hall–Kier alpha value is -2.78. The molecule has 0 aromatic heterocycles. The molecule has 0 saturated heterocycles. The summed E-state index contributed by atoms with van der Waals surface area (Å²) in [5.74, 6) is -0.937. The van der Waals surface area contributed by atoms with Crippen LogP contribution in [0.2, 0.25) is 15.1 Å². The first-order valence-corrected chi connectivity index (χ1v) is 16.1. The maximum Gasteiger partial charge on any atom is 0.244 e. The fourth-order valence-corrected chi connectivity index (χ4v) is 5.81. The molecule has 0 aliphatic carbocycles. The molecule has 0 spiro atoms. The van der Waals surface area contributed by atoms with E-state index in [4.69, 9.17) is 34.8 Å². The van der Waals surface area contributed by atoms with Crippen molar-refractivity contribution in [3.8, 4) is 0 Å². The zero-order valence-corrected chi connectivity index (χ0v) is 26.5. The van der Waals surface area contributed by atoms with E-state index in [0.717, 1.165) is 16.1 Å². The van der Waals surface area contributed by atoms with E-state index in [1.165, 1.54) is 11.0 Å². The molecule has 1 N–H and O–H groups in total. The van der Waals surface area contributed by atoms with Gasteiger partial charge in [0.05, 0.1) is 11.9 Å². The van der Waals surface area contributed by atoms with E-state index in [-0.39, 0.29) is 30.6 Å². The number of halogens is 3. The molecule has 3 aromatic carbocycles. The second kappa shape index (κ2) is 14.4. The highest BCUT2D eigenvalue weighted by Gasteiger charge is 2.34. The number of hydrogen-bond acceptors (Lipinski definition) is 4. The lowest BCUT2D eigenvalue weighted by atomic mass is 10.0. The summed E-state index contributed by atoms with van der Waals surface area (Å²) in [5.41, 5.74) is 2.29. The smallest absolute Gasteiger partial charge is 0.244 e. The van der Waals surface area contributed by atoms with Crippen LogP contribution in [0.15, 0.2) is 66.7 Å². The fourth-order valence-electron chi connectivity index (χ4n) is 4.27. The van der Waals surface area contributed by atoms with E-state index in [0.29, 0.717) is 32.6 Å². The van der Waals surface area contributed by atoms with Crippen molar-refractivity contribution in [2.75, 3.05) is 17.1 Å². The number of amides is 2. The molecule has 7 nitrogen and oxygen atoms in total. The first-order chi connectivity index (χ1) is 19.3. The van der Waals surface area contributed by atoms with E-state index >= 15 is 0 Å². The molecule has 0 aliphatic rings. The van der Waals surface area contributed by atoms with E-state index < -0.39 is 28.5 Å². The fraction of sp³-hybridized carbons (Fsp3) is 0.333. The van der Waals surface area contributed by atoms with Crippen molar-refractivity contribution in [3.05, 3.63) is 98.5 Å². The summed E-state index contributed by atoms with van der Waals surface area (Å²) in [6.45, 7) is 4.97. The largest absolute Gasteiger partial charge is 0.352 e. The van der Waals surface area contributed by atoms with Crippen LogP contribution in [0.4, 0.5) is 5.69 Å². The number of nitrogens with zero attached hydrogens (tertiary/aromatic N) is 2. The molecule has 2 atom stereocenters. The number of aryl methyl sites for hydroxylation is 1. The molecule has 0 saturated carbocycles. The molecule has 3 aromatic rings. The van der Waals surface area contributed by atoms with Gasteiger partial charge >= 0.3 is 0 Å². The van der Waals surface area contributed by atoms with Gasteiger partial charge in [0.15, 0.2) is 0 Å². The summed E-state index contributed by atoms with van der Waals surface area (Å²) in [6, 6.07) is 17.9. The highest BCUT2D eigenvalue weighted by Crippen LogP contribution is 2.28. The summed E-state index contributed by atoms with van der Waals surface area (Å²) in [6.07, 6.45) is 1.92. The Morgan fingerprint density at radius 2 is 1.59 bits per heavy atom. The summed E-state index contributed by atoms with van der Waals surface area (Å²) in [4.78, 5) is 29.3. The van der Waals surface area contributed by atoms with Crippen LogP contribution in [0.1, 0.15) is 37.0 Å². The summed E-state index contributed by atoms with van der Waals surface area (Å²) in [5, 5.41) is 4.06. The predicted molar refractivity (Wildman–Crippen MR) is 167 cm³/mol. The third-order valence-electron chi connectivity index (χ3n) is 6.75. The second-order valence-corrected chi connectivity index (χ2v) is 13.2. The Balaban J connectivity index is 2.12. The third kappa shape index (κ3) is 9.10. The second-order valence-electron chi connectivity index (χ2n) is 9.98. The lowest BCUT2D eigenvalue weighted by molar-refractivity contribution is -0.140. The number of hydrogen-bond donors (Lipinski definition) is 1. The lowest BCUT2D eigenvalue weighted by Crippen LogP contribution is -2.54. The van der Waals surface area contributed by atoms with Crippen molar-refractivity contribution in [2.45, 2.75) is 52.2 Å². The van der Waals surface area contributed by atoms with Gasteiger partial charge in [-0.1, -0.05) is 84.2 Å². The van der Waals surface area contributed by atoms with Gasteiger partial charge in [-0.25, -0.2) is 8.42 Å². The molecule has 220 valence electrons. The van der Waals surface area contributed by atoms with Crippen LogP contribution in [0, 0.1) is 6.92 Å².